The number of carbonyl (C=O) groups excluding carboxylic acids is 1. The van der Waals surface area contributed by atoms with Crippen LogP contribution in [0.3, 0.4) is 0 Å². The van der Waals surface area contributed by atoms with Gasteiger partial charge >= 0.3 is 0 Å². The highest BCUT2D eigenvalue weighted by Crippen LogP contribution is 2.24. The van der Waals surface area contributed by atoms with E-state index < -0.39 is 6.10 Å². The van der Waals surface area contributed by atoms with Crippen LogP contribution < -0.4 is 0 Å². The molecule has 2 atom stereocenters. The van der Waals surface area contributed by atoms with Gasteiger partial charge in [-0.1, -0.05) is 6.42 Å². The first kappa shape index (κ1) is 16.5. The second-order valence-corrected chi connectivity index (χ2v) is 7.11. The van der Waals surface area contributed by atoms with Crippen LogP contribution in [-0.2, 0) is 24.2 Å². The molecule has 6 nitrogen and oxygen atoms in total. The fourth-order valence-corrected chi connectivity index (χ4v) is 3.79. The van der Waals surface area contributed by atoms with Crippen LogP contribution in [0.4, 0.5) is 0 Å². The standard InChI is InChI=1S/C17H28N4O2/c1-20-9-8-16(22)13(10-20)17(23)21(2)11-15-12-6-4-3-5-7-14(12)18-19-15/h13,16,22H,3-11H2,1-2H3,(H,18,19)/t13-,16+/m1/s1. The Morgan fingerprint density at radius 3 is 3.00 bits per heavy atom. The average molecular weight is 320 g/mol. The summed E-state index contributed by atoms with van der Waals surface area (Å²) >= 11 is 0. The Bertz CT molecular complexity index is 557. The maximum Gasteiger partial charge on any atom is 0.229 e. The topological polar surface area (TPSA) is 72.5 Å². The Kier molecular flexibility index (Phi) is 5.02. The average Bonchev–Trinajstić information content (AvgIpc) is 2.76. The van der Waals surface area contributed by atoms with Crippen LogP contribution in [-0.4, -0.2) is 64.3 Å². The van der Waals surface area contributed by atoms with E-state index in [0.29, 0.717) is 19.5 Å². The Morgan fingerprint density at radius 2 is 2.17 bits per heavy atom. The summed E-state index contributed by atoms with van der Waals surface area (Å²) in [6, 6.07) is 0. The second kappa shape index (κ2) is 7.01. The lowest BCUT2D eigenvalue weighted by Crippen LogP contribution is -2.49. The van der Waals surface area contributed by atoms with Gasteiger partial charge in [0.1, 0.15) is 0 Å². The molecule has 0 saturated carbocycles. The number of likely N-dealkylation sites (tertiary alicyclic amines) is 1. The maximum absolute atomic E-state index is 12.7. The van der Waals surface area contributed by atoms with E-state index in [1.165, 1.54) is 30.5 Å². The molecule has 1 aliphatic carbocycles. The van der Waals surface area contributed by atoms with Gasteiger partial charge in [0.05, 0.1) is 24.3 Å². The third-order valence-electron chi connectivity index (χ3n) is 5.25. The molecule has 23 heavy (non-hydrogen) atoms. The Labute approximate surface area is 137 Å². The summed E-state index contributed by atoms with van der Waals surface area (Å²) in [4.78, 5) is 16.6. The van der Waals surface area contributed by atoms with Crippen molar-refractivity contribution in [2.75, 3.05) is 27.2 Å². The SMILES string of the molecule is CN1CC[C@H](O)[C@H](C(=O)N(C)Cc2n[nH]c3c2CCCCC3)C1. The van der Waals surface area contributed by atoms with E-state index in [2.05, 4.69) is 15.1 Å². The largest absolute Gasteiger partial charge is 0.392 e. The van der Waals surface area contributed by atoms with Gasteiger partial charge < -0.3 is 14.9 Å². The molecule has 3 rings (SSSR count). The number of aryl methyl sites for hydroxylation is 1. The molecule has 1 aromatic rings. The number of H-pyrrole nitrogens is 1. The van der Waals surface area contributed by atoms with Crippen LogP contribution in [0.5, 0.6) is 0 Å². The molecule has 2 N–H and O–H groups in total. The van der Waals surface area contributed by atoms with Crippen molar-refractivity contribution >= 4 is 5.91 Å². The number of nitrogens with one attached hydrogen (secondary N) is 1. The predicted octanol–water partition coefficient (Wildman–Crippen LogP) is 0.950. The van der Waals surface area contributed by atoms with Gasteiger partial charge in [-0.3, -0.25) is 9.89 Å². The van der Waals surface area contributed by atoms with E-state index >= 15 is 0 Å². The summed E-state index contributed by atoms with van der Waals surface area (Å²) in [7, 11) is 3.82. The van der Waals surface area contributed by atoms with E-state index in [1.807, 2.05) is 14.1 Å². The minimum absolute atomic E-state index is 0.0226. The molecule has 2 aliphatic rings. The summed E-state index contributed by atoms with van der Waals surface area (Å²) in [6.07, 6.45) is 5.92. The van der Waals surface area contributed by atoms with Gasteiger partial charge in [-0.15, -0.1) is 0 Å². The number of hydrogen-bond donors (Lipinski definition) is 2. The molecule has 1 fully saturated rings. The van der Waals surface area contributed by atoms with Crippen LogP contribution in [0, 0.1) is 5.92 Å². The summed E-state index contributed by atoms with van der Waals surface area (Å²) < 4.78 is 0. The zero-order valence-corrected chi connectivity index (χ0v) is 14.2. The molecule has 1 amide bonds. The molecular formula is C17H28N4O2. The van der Waals surface area contributed by atoms with Gasteiger partial charge in [0.2, 0.25) is 5.91 Å². The molecule has 1 saturated heterocycles. The van der Waals surface area contributed by atoms with Crippen molar-refractivity contribution in [3.05, 3.63) is 17.0 Å². The summed E-state index contributed by atoms with van der Waals surface area (Å²) in [5.74, 6) is -0.300. The lowest BCUT2D eigenvalue weighted by molar-refractivity contribution is -0.141. The number of piperidine rings is 1. The van der Waals surface area contributed by atoms with E-state index in [0.717, 1.165) is 25.1 Å². The van der Waals surface area contributed by atoms with Gasteiger partial charge in [0, 0.05) is 25.8 Å². The molecule has 0 spiro atoms. The fourth-order valence-electron chi connectivity index (χ4n) is 3.79. The van der Waals surface area contributed by atoms with Crippen LogP contribution in [0.25, 0.3) is 0 Å². The molecule has 6 heteroatoms. The fraction of sp³-hybridized carbons (Fsp3) is 0.765. The normalized spacial score (nSPS) is 25.7. The first-order valence-electron chi connectivity index (χ1n) is 8.73. The summed E-state index contributed by atoms with van der Waals surface area (Å²) in [5.41, 5.74) is 3.55. The number of nitrogens with zero attached hydrogens (tertiary/aromatic N) is 3. The quantitative estimate of drug-likeness (QED) is 0.814. The molecule has 0 radical (unpaired) electrons. The van der Waals surface area contributed by atoms with Gasteiger partial charge in [0.15, 0.2) is 0 Å². The first-order valence-corrected chi connectivity index (χ1v) is 8.73. The van der Waals surface area contributed by atoms with E-state index in [4.69, 9.17) is 0 Å². The van der Waals surface area contributed by atoms with Gasteiger partial charge in [0.25, 0.3) is 0 Å². The second-order valence-electron chi connectivity index (χ2n) is 7.11. The lowest BCUT2D eigenvalue weighted by Gasteiger charge is -2.35. The zero-order chi connectivity index (χ0) is 16.4. The van der Waals surface area contributed by atoms with E-state index in [-0.39, 0.29) is 11.8 Å². The van der Waals surface area contributed by atoms with Crippen molar-refractivity contribution in [3.63, 3.8) is 0 Å². The van der Waals surface area contributed by atoms with Crippen molar-refractivity contribution < 1.29 is 9.90 Å². The molecule has 0 unspecified atom stereocenters. The number of rotatable bonds is 3. The highest BCUT2D eigenvalue weighted by atomic mass is 16.3. The maximum atomic E-state index is 12.7. The van der Waals surface area contributed by atoms with Crippen LogP contribution in [0.2, 0.25) is 0 Å². The van der Waals surface area contributed by atoms with Gasteiger partial charge in [-0.25, -0.2) is 0 Å². The van der Waals surface area contributed by atoms with Crippen LogP contribution in [0.15, 0.2) is 0 Å². The number of aromatic nitrogens is 2. The number of hydrogen-bond acceptors (Lipinski definition) is 4. The third-order valence-corrected chi connectivity index (χ3v) is 5.25. The summed E-state index contributed by atoms with van der Waals surface area (Å²) in [5, 5.41) is 17.8. The third kappa shape index (κ3) is 3.58. The monoisotopic (exact) mass is 320 g/mol. The Hall–Kier alpha value is -1.40. The minimum Gasteiger partial charge on any atom is -0.392 e. The number of carbonyl (C=O) groups is 1. The molecular weight excluding hydrogens is 292 g/mol. The van der Waals surface area contributed by atoms with Crippen LogP contribution in [0.1, 0.15) is 42.6 Å². The van der Waals surface area contributed by atoms with Crippen molar-refractivity contribution in [1.29, 1.82) is 0 Å². The van der Waals surface area contributed by atoms with Gasteiger partial charge in [-0.2, -0.15) is 5.10 Å². The number of amides is 1. The van der Waals surface area contributed by atoms with E-state index in [1.54, 1.807) is 4.90 Å². The molecule has 1 aromatic heterocycles. The number of aliphatic hydroxyl groups is 1. The highest BCUT2D eigenvalue weighted by Gasteiger charge is 2.34. The smallest absolute Gasteiger partial charge is 0.229 e. The van der Waals surface area contributed by atoms with Gasteiger partial charge in [-0.05, 0) is 44.7 Å². The molecule has 0 bridgehead atoms. The molecule has 128 valence electrons. The lowest BCUT2D eigenvalue weighted by atomic mass is 9.93. The van der Waals surface area contributed by atoms with Crippen molar-refractivity contribution in [2.24, 2.45) is 5.92 Å². The number of aliphatic hydroxyl groups excluding tert-OH is 1. The number of aromatic amines is 1. The van der Waals surface area contributed by atoms with Crippen molar-refractivity contribution in [1.82, 2.24) is 20.0 Å². The van der Waals surface area contributed by atoms with Crippen molar-refractivity contribution in [2.45, 2.75) is 51.2 Å². The van der Waals surface area contributed by atoms with E-state index in [9.17, 15) is 9.90 Å². The summed E-state index contributed by atoms with van der Waals surface area (Å²) in [6.45, 7) is 2.00. The zero-order valence-electron chi connectivity index (χ0n) is 14.2. The highest BCUT2D eigenvalue weighted by molar-refractivity contribution is 5.79. The molecule has 0 aromatic carbocycles. The minimum atomic E-state index is -0.530. The predicted molar refractivity (Wildman–Crippen MR) is 87.9 cm³/mol. The van der Waals surface area contributed by atoms with Crippen molar-refractivity contribution in [3.8, 4) is 0 Å². The first-order chi connectivity index (χ1) is 11.1. The Morgan fingerprint density at radius 1 is 1.39 bits per heavy atom. The van der Waals surface area contributed by atoms with Crippen LogP contribution >= 0.6 is 0 Å². The molecule has 1 aliphatic heterocycles. The number of fused-ring (bicyclic) bond motifs is 1. The Balaban J connectivity index is 1.68. The molecule has 2 heterocycles.